The fourth-order valence-corrected chi connectivity index (χ4v) is 4.95. The molecule has 3 aromatic rings. The third kappa shape index (κ3) is 6.49. The SMILES string of the molecule is COc1ccc(C(C)(C)c2csc(NC(=O)NCc3ccc(NC4CCN(C)CC4)nc3)n2)cc1. The fraction of sp³-hybridized carbons (Fsp3) is 0.423. The summed E-state index contributed by atoms with van der Waals surface area (Å²) in [6.45, 7) is 6.84. The van der Waals surface area contributed by atoms with Crippen molar-refractivity contribution < 1.29 is 9.53 Å². The molecule has 186 valence electrons. The van der Waals surface area contributed by atoms with E-state index in [0.717, 1.165) is 54.3 Å². The van der Waals surface area contributed by atoms with Crippen LogP contribution in [0.25, 0.3) is 0 Å². The quantitative estimate of drug-likeness (QED) is 0.420. The number of hydrogen-bond acceptors (Lipinski definition) is 7. The van der Waals surface area contributed by atoms with Crippen LogP contribution in [0.2, 0.25) is 0 Å². The van der Waals surface area contributed by atoms with Crippen molar-refractivity contribution in [1.29, 1.82) is 0 Å². The number of likely N-dealkylation sites (tertiary alicyclic amines) is 1. The highest BCUT2D eigenvalue weighted by Crippen LogP contribution is 2.34. The Hall–Kier alpha value is -3.17. The number of ether oxygens (including phenoxy) is 1. The molecule has 1 aliphatic heterocycles. The molecule has 0 unspecified atom stereocenters. The molecular weight excluding hydrogens is 460 g/mol. The number of benzene rings is 1. The summed E-state index contributed by atoms with van der Waals surface area (Å²) in [5.41, 5.74) is 2.67. The molecule has 35 heavy (non-hydrogen) atoms. The van der Waals surface area contributed by atoms with Gasteiger partial charge >= 0.3 is 6.03 Å². The second kappa shape index (κ2) is 11.0. The summed E-state index contributed by atoms with van der Waals surface area (Å²) in [4.78, 5) is 24.0. The first kappa shape index (κ1) is 24.9. The van der Waals surface area contributed by atoms with Crippen molar-refractivity contribution in [2.45, 2.75) is 44.7 Å². The van der Waals surface area contributed by atoms with E-state index < -0.39 is 0 Å². The molecule has 2 aromatic heterocycles. The van der Waals surface area contributed by atoms with Crippen molar-refractivity contribution in [1.82, 2.24) is 20.2 Å². The Morgan fingerprint density at radius 1 is 1.17 bits per heavy atom. The molecule has 0 atom stereocenters. The van der Waals surface area contributed by atoms with Crippen molar-refractivity contribution in [3.8, 4) is 5.75 Å². The van der Waals surface area contributed by atoms with Gasteiger partial charge in [0.25, 0.3) is 0 Å². The summed E-state index contributed by atoms with van der Waals surface area (Å²) < 4.78 is 5.25. The Kier molecular flexibility index (Phi) is 7.87. The number of thiazole rings is 1. The predicted molar refractivity (Wildman–Crippen MR) is 141 cm³/mol. The summed E-state index contributed by atoms with van der Waals surface area (Å²) in [5, 5.41) is 11.8. The van der Waals surface area contributed by atoms with Gasteiger partial charge in [-0.25, -0.2) is 14.8 Å². The van der Waals surface area contributed by atoms with Crippen LogP contribution in [-0.4, -0.2) is 54.2 Å². The van der Waals surface area contributed by atoms with Gasteiger partial charge in [0.05, 0.1) is 12.8 Å². The smallest absolute Gasteiger partial charge is 0.321 e. The summed E-state index contributed by atoms with van der Waals surface area (Å²) >= 11 is 1.42. The molecule has 3 N–H and O–H groups in total. The fourth-order valence-electron chi connectivity index (χ4n) is 4.07. The Morgan fingerprint density at radius 3 is 2.57 bits per heavy atom. The molecule has 0 saturated carbocycles. The number of nitrogens with zero attached hydrogens (tertiary/aromatic N) is 3. The highest BCUT2D eigenvalue weighted by molar-refractivity contribution is 7.13. The lowest BCUT2D eigenvalue weighted by Crippen LogP contribution is -2.36. The zero-order chi connectivity index (χ0) is 24.8. The van der Waals surface area contributed by atoms with E-state index in [1.807, 2.05) is 41.8 Å². The molecule has 1 aliphatic rings. The van der Waals surface area contributed by atoms with E-state index in [1.165, 1.54) is 11.3 Å². The van der Waals surface area contributed by atoms with Crippen LogP contribution in [-0.2, 0) is 12.0 Å². The molecule has 8 nitrogen and oxygen atoms in total. The maximum absolute atomic E-state index is 12.4. The largest absolute Gasteiger partial charge is 0.497 e. The molecule has 0 bridgehead atoms. The second-order valence-corrected chi connectivity index (χ2v) is 10.3. The summed E-state index contributed by atoms with van der Waals surface area (Å²) in [7, 11) is 3.81. The van der Waals surface area contributed by atoms with Crippen LogP contribution in [0.4, 0.5) is 15.7 Å². The first-order valence-corrected chi connectivity index (χ1v) is 12.8. The number of aromatic nitrogens is 2. The first-order chi connectivity index (χ1) is 16.8. The van der Waals surface area contributed by atoms with Gasteiger partial charge in [-0.2, -0.15) is 0 Å². The maximum Gasteiger partial charge on any atom is 0.321 e. The number of urea groups is 1. The van der Waals surface area contributed by atoms with Crippen LogP contribution in [0.1, 0.15) is 43.5 Å². The van der Waals surface area contributed by atoms with E-state index in [0.29, 0.717) is 17.7 Å². The molecule has 9 heteroatoms. The minimum atomic E-state index is -0.297. The minimum absolute atomic E-state index is 0.290. The van der Waals surface area contributed by atoms with Gasteiger partial charge < -0.3 is 20.3 Å². The van der Waals surface area contributed by atoms with Gasteiger partial charge in [0.2, 0.25) is 0 Å². The van der Waals surface area contributed by atoms with Crippen LogP contribution in [0.5, 0.6) is 5.75 Å². The van der Waals surface area contributed by atoms with Gasteiger partial charge in [0, 0.05) is 29.6 Å². The lowest BCUT2D eigenvalue weighted by atomic mass is 9.82. The van der Waals surface area contributed by atoms with E-state index in [9.17, 15) is 4.79 Å². The van der Waals surface area contributed by atoms with Crippen molar-refractivity contribution in [3.63, 3.8) is 0 Å². The monoisotopic (exact) mass is 494 g/mol. The minimum Gasteiger partial charge on any atom is -0.497 e. The van der Waals surface area contributed by atoms with Crippen molar-refractivity contribution >= 4 is 28.3 Å². The van der Waals surface area contributed by atoms with Gasteiger partial charge in [0.15, 0.2) is 5.13 Å². The second-order valence-electron chi connectivity index (χ2n) is 9.47. The lowest BCUT2D eigenvalue weighted by molar-refractivity contribution is 0.251. The number of nitrogens with one attached hydrogen (secondary N) is 3. The van der Waals surface area contributed by atoms with Crippen LogP contribution in [0.15, 0.2) is 48.0 Å². The summed E-state index contributed by atoms with van der Waals surface area (Å²) in [6, 6.07) is 12.1. The van der Waals surface area contributed by atoms with Crippen LogP contribution in [0.3, 0.4) is 0 Å². The summed E-state index contributed by atoms with van der Waals surface area (Å²) in [6.07, 6.45) is 4.05. The Morgan fingerprint density at radius 2 is 1.91 bits per heavy atom. The third-order valence-corrected chi connectivity index (χ3v) is 7.28. The average Bonchev–Trinajstić information content (AvgIpc) is 3.34. The molecule has 2 amide bonds. The number of piperidine rings is 1. The topological polar surface area (TPSA) is 91.4 Å². The summed E-state index contributed by atoms with van der Waals surface area (Å²) in [5.74, 6) is 1.70. The van der Waals surface area contributed by atoms with Crippen LogP contribution >= 0.6 is 11.3 Å². The molecule has 4 rings (SSSR count). The van der Waals surface area contributed by atoms with Crippen molar-refractivity contribution in [2.75, 3.05) is 37.9 Å². The molecule has 1 aromatic carbocycles. The standard InChI is InChI=1S/C26H34N6O2S/c1-26(2,19-6-8-21(34-4)9-7-19)22-17-35-25(30-22)31-24(33)28-16-18-5-10-23(27-15-18)29-20-11-13-32(3)14-12-20/h5-10,15,17,20H,11-14,16H2,1-4H3,(H,27,29)(H2,28,30,31,33). The number of amides is 2. The molecule has 0 aliphatic carbocycles. The normalized spacial score (nSPS) is 15.0. The number of carbonyl (C=O) groups is 1. The van der Waals surface area contributed by atoms with E-state index in [2.05, 4.69) is 51.7 Å². The van der Waals surface area contributed by atoms with E-state index in [4.69, 9.17) is 4.74 Å². The van der Waals surface area contributed by atoms with Crippen molar-refractivity contribution in [2.24, 2.45) is 0 Å². The molecule has 1 saturated heterocycles. The maximum atomic E-state index is 12.4. The number of methoxy groups -OCH3 is 1. The Balaban J connectivity index is 1.27. The van der Waals surface area contributed by atoms with Crippen molar-refractivity contribution in [3.05, 3.63) is 64.8 Å². The molecule has 1 fully saturated rings. The molecule has 0 radical (unpaired) electrons. The van der Waals surface area contributed by atoms with Gasteiger partial charge in [-0.05, 0) is 62.3 Å². The molecule has 0 spiro atoms. The van der Waals surface area contributed by atoms with Gasteiger partial charge in [0.1, 0.15) is 11.6 Å². The van der Waals surface area contributed by atoms with E-state index >= 15 is 0 Å². The molecule has 3 heterocycles. The molecular formula is C26H34N6O2S. The first-order valence-electron chi connectivity index (χ1n) is 11.9. The zero-order valence-corrected chi connectivity index (χ0v) is 21.6. The predicted octanol–water partition coefficient (Wildman–Crippen LogP) is 4.70. The third-order valence-electron chi connectivity index (χ3n) is 6.53. The number of hydrogen-bond donors (Lipinski definition) is 3. The zero-order valence-electron chi connectivity index (χ0n) is 20.8. The lowest BCUT2D eigenvalue weighted by Gasteiger charge is -2.29. The number of pyridine rings is 1. The van der Waals surface area contributed by atoms with Gasteiger partial charge in [-0.1, -0.05) is 32.0 Å². The van der Waals surface area contributed by atoms with Gasteiger partial charge in [-0.3, -0.25) is 5.32 Å². The van der Waals surface area contributed by atoms with E-state index in [1.54, 1.807) is 13.3 Å². The van der Waals surface area contributed by atoms with E-state index in [-0.39, 0.29) is 11.4 Å². The number of rotatable bonds is 8. The highest BCUT2D eigenvalue weighted by atomic mass is 32.1. The van der Waals surface area contributed by atoms with Crippen LogP contribution < -0.4 is 20.7 Å². The Labute approximate surface area is 211 Å². The number of carbonyl (C=O) groups excluding carboxylic acids is 1. The van der Waals surface area contributed by atoms with Gasteiger partial charge in [-0.15, -0.1) is 11.3 Å². The van der Waals surface area contributed by atoms with Crippen LogP contribution in [0, 0.1) is 0 Å². The number of anilines is 2. The Bertz CT molecular complexity index is 1110. The average molecular weight is 495 g/mol. The highest BCUT2D eigenvalue weighted by Gasteiger charge is 2.26.